The molecule has 2 aromatic rings. The third kappa shape index (κ3) is 7.30. The lowest BCUT2D eigenvalue weighted by Gasteiger charge is -2.34. The molecule has 2 fully saturated rings. The molecule has 1 N–H and O–H groups in total. The van der Waals surface area contributed by atoms with Gasteiger partial charge in [-0.15, -0.1) is 0 Å². The topological polar surface area (TPSA) is 129 Å². The van der Waals surface area contributed by atoms with E-state index < -0.39 is 41.6 Å². The summed E-state index contributed by atoms with van der Waals surface area (Å²) >= 11 is 0. The highest BCUT2D eigenvalue weighted by atomic mass is 16.6. The fraction of sp³-hybridized carbons (Fsp3) is 0.581. The molecule has 2 amide bonds. The molecular weight excluding hydrogens is 540 g/mol. The summed E-state index contributed by atoms with van der Waals surface area (Å²) in [5.41, 5.74) is 1.16. The van der Waals surface area contributed by atoms with Crippen LogP contribution in [-0.2, 0) is 19.1 Å². The van der Waals surface area contributed by atoms with Crippen molar-refractivity contribution in [3.63, 3.8) is 0 Å². The first-order chi connectivity index (χ1) is 19.9. The molecular formula is C31H42N4O7. The first-order valence-corrected chi connectivity index (χ1v) is 14.5. The number of alkyl carbamates (subject to hydrolysis) is 1. The highest BCUT2D eigenvalue weighted by molar-refractivity contribution is 5.91. The lowest BCUT2D eigenvalue weighted by molar-refractivity contribution is -0.152. The molecule has 5 unspecified atom stereocenters. The van der Waals surface area contributed by atoms with Gasteiger partial charge in [-0.1, -0.05) is 47.1 Å². The van der Waals surface area contributed by atoms with E-state index in [-0.39, 0.29) is 19.1 Å². The van der Waals surface area contributed by atoms with Gasteiger partial charge >= 0.3 is 12.1 Å². The molecule has 1 aliphatic heterocycles. The Hall–Kier alpha value is -3.89. The number of aromatic nitrogens is 2. The van der Waals surface area contributed by atoms with E-state index in [1.807, 2.05) is 52.0 Å². The molecule has 1 saturated heterocycles. The first-order valence-electron chi connectivity index (χ1n) is 14.5. The SMILES string of the molecule is CCCC=Cc1nc2ccc(OC)cc2nc1OC1CC(C(=O)OC)N(C(=O)C(NC(=O)OC2CC2C)C(C)(C)C)C1. The fourth-order valence-electron chi connectivity index (χ4n) is 4.92. The third-order valence-electron chi connectivity index (χ3n) is 7.56. The number of likely N-dealkylation sites (tertiary alicyclic amines) is 1. The van der Waals surface area contributed by atoms with Gasteiger partial charge in [-0.05, 0) is 42.4 Å². The molecule has 11 nitrogen and oxygen atoms in total. The average Bonchev–Trinajstić information content (AvgIpc) is 3.47. The van der Waals surface area contributed by atoms with Gasteiger partial charge in [0.25, 0.3) is 0 Å². The Labute approximate surface area is 246 Å². The van der Waals surface area contributed by atoms with Crippen LogP contribution < -0.4 is 14.8 Å². The lowest BCUT2D eigenvalue weighted by Crippen LogP contribution is -2.57. The van der Waals surface area contributed by atoms with Crippen molar-refractivity contribution in [1.82, 2.24) is 20.2 Å². The van der Waals surface area contributed by atoms with Gasteiger partial charge < -0.3 is 29.2 Å². The summed E-state index contributed by atoms with van der Waals surface area (Å²) in [6.07, 6.45) is 5.34. The van der Waals surface area contributed by atoms with Crippen molar-refractivity contribution in [2.24, 2.45) is 11.3 Å². The van der Waals surface area contributed by atoms with Crippen LogP contribution in [0.1, 0.15) is 66.0 Å². The van der Waals surface area contributed by atoms with Crippen molar-refractivity contribution in [3.05, 3.63) is 30.0 Å². The van der Waals surface area contributed by atoms with E-state index in [1.54, 1.807) is 13.2 Å². The quantitative estimate of drug-likeness (QED) is 0.402. The summed E-state index contributed by atoms with van der Waals surface area (Å²) in [4.78, 5) is 50.4. The standard InChI is InChI=1S/C31H42N4O7/c1-8-9-10-11-22-27(33-23-15-19(39-6)12-13-21(23)32-22)41-20-16-24(29(37)40-7)35(17-20)28(36)26(31(3,4)5)34-30(38)42-25-14-18(25)2/h10-13,15,18,20,24-26H,8-9,14,16-17H2,1-7H3,(H,34,38). The average molecular weight is 583 g/mol. The van der Waals surface area contributed by atoms with Crippen LogP contribution in [0.4, 0.5) is 4.79 Å². The number of nitrogens with zero attached hydrogens (tertiary/aromatic N) is 3. The third-order valence-corrected chi connectivity index (χ3v) is 7.56. The van der Waals surface area contributed by atoms with Crippen LogP contribution in [0.15, 0.2) is 24.3 Å². The number of hydrogen-bond acceptors (Lipinski definition) is 9. The zero-order valence-electron chi connectivity index (χ0n) is 25.5. The molecule has 4 rings (SSSR count). The summed E-state index contributed by atoms with van der Waals surface area (Å²) < 4.78 is 22.2. The van der Waals surface area contributed by atoms with E-state index in [0.29, 0.717) is 34.3 Å². The Bertz CT molecular complexity index is 1340. The van der Waals surface area contributed by atoms with Gasteiger partial charge in [-0.2, -0.15) is 0 Å². The Morgan fingerprint density at radius 2 is 1.88 bits per heavy atom. The molecule has 1 saturated carbocycles. The number of benzene rings is 1. The van der Waals surface area contributed by atoms with Crippen molar-refractivity contribution in [1.29, 1.82) is 0 Å². The predicted octanol–water partition coefficient (Wildman–Crippen LogP) is 4.52. The van der Waals surface area contributed by atoms with E-state index in [4.69, 9.17) is 28.9 Å². The van der Waals surface area contributed by atoms with Gasteiger partial charge in [0.1, 0.15) is 35.7 Å². The molecule has 11 heteroatoms. The van der Waals surface area contributed by atoms with Crippen LogP contribution in [0.25, 0.3) is 17.1 Å². The smallest absolute Gasteiger partial charge is 0.408 e. The van der Waals surface area contributed by atoms with Gasteiger partial charge in [0.05, 0.1) is 31.8 Å². The van der Waals surface area contributed by atoms with E-state index >= 15 is 0 Å². The number of carbonyl (C=O) groups excluding carboxylic acids is 3. The number of carbonyl (C=O) groups is 3. The second-order valence-corrected chi connectivity index (χ2v) is 12.1. The monoisotopic (exact) mass is 582 g/mol. The molecule has 1 aromatic carbocycles. The van der Waals surface area contributed by atoms with Gasteiger partial charge in [-0.3, -0.25) is 4.79 Å². The van der Waals surface area contributed by atoms with Crippen LogP contribution >= 0.6 is 0 Å². The van der Waals surface area contributed by atoms with Crippen molar-refractivity contribution in [2.75, 3.05) is 20.8 Å². The predicted molar refractivity (Wildman–Crippen MR) is 157 cm³/mol. The van der Waals surface area contributed by atoms with Crippen molar-refractivity contribution in [2.45, 2.75) is 84.6 Å². The molecule has 5 atom stereocenters. The van der Waals surface area contributed by atoms with E-state index in [9.17, 15) is 14.4 Å². The second-order valence-electron chi connectivity index (χ2n) is 12.1. The summed E-state index contributed by atoms with van der Waals surface area (Å²) in [6.45, 7) is 9.72. The molecule has 42 heavy (non-hydrogen) atoms. The molecule has 0 spiro atoms. The van der Waals surface area contributed by atoms with Crippen molar-refractivity contribution < 1.29 is 33.3 Å². The summed E-state index contributed by atoms with van der Waals surface area (Å²) in [7, 11) is 2.86. The van der Waals surface area contributed by atoms with Crippen LogP contribution in [0.5, 0.6) is 11.6 Å². The highest BCUT2D eigenvalue weighted by Gasteiger charge is 2.47. The zero-order valence-corrected chi connectivity index (χ0v) is 25.5. The molecule has 1 aliphatic carbocycles. The highest BCUT2D eigenvalue weighted by Crippen LogP contribution is 2.34. The minimum atomic E-state index is -0.939. The molecule has 2 aliphatic rings. The van der Waals surface area contributed by atoms with E-state index in [2.05, 4.69) is 12.2 Å². The number of allylic oxidation sites excluding steroid dienone is 1. The minimum absolute atomic E-state index is 0.0948. The number of fused-ring (bicyclic) bond motifs is 1. The van der Waals surface area contributed by atoms with Crippen molar-refractivity contribution in [3.8, 4) is 11.6 Å². The molecule has 1 aromatic heterocycles. The number of amides is 2. The van der Waals surface area contributed by atoms with Gasteiger partial charge in [-0.25, -0.2) is 19.6 Å². The normalized spacial score (nSPS) is 22.6. The maximum atomic E-state index is 13.9. The van der Waals surface area contributed by atoms with E-state index in [0.717, 1.165) is 19.3 Å². The minimum Gasteiger partial charge on any atom is -0.497 e. The Morgan fingerprint density at radius 1 is 1.14 bits per heavy atom. The number of hydrogen-bond donors (Lipinski definition) is 1. The second kappa shape index (κ2) is 13.0. The molecule has 2 heterocycles. The Balaban J connectivity index is 1.60. The maximum Gasteiger partial charge on any atom is 0.408 e. The Kier molecular flexibility index (Phi) is 9.58. The number of ether oxygens (including phenoxy) is 4. The first kappa shape index (κ1) is 31.1. The largest absolute Gasteiger partial charge is 0.497 e. The van der Waals surface area contributed by atoms with Crippen molar-refractivity contribution >= 4 is 35.1 Å². The van der Waals surface area contributed by atoms with E-state index in [1.165, 1.54) is 12.0 Å². The Morgan fingerprint density at radius 3 is 2.50 bits per heavy atom. The zero-order chi connectivity index (χ0) is 30.6. The van der Waals surface area contributed by atoms with Crippen LogP contribution in [0.3, 0.4) is 0 Å². The lowest BCUT2D eigenvalue weighted by atomic mass is 9.85. The molecule has 228 valence electrons. The summed E-state index contributed by atoms with van der Waals surface area (Å²) in [5.74, 6) is 0.256. The maximum absolute atomic E-state index is 13.9. The number of rotatable bonds is 10. The number of methoxy groups -OCH3 is 2. The number of esters is 1. The van der Waals surface area contributed by atoms with Gasteiger partial charge in [0.2, 0.25) is 11.8 Å². The fourth-order valence-corrected chi connectivity index (χ4v) is 4.92. The molecule has 0 bridgehead atoms. The van der Waals surface area contributed by atoms with Crippen LogP contribution in [0.2, 0.25) is 0 Å². The number of nitrogens with one attached hydrogen (secondary N) is 1. The van der Waals surface area contributed by atoms with Crippen LogP contribution in [0, 0.1) is 11.3 Å². The van der Waals surface area contributed by atoms with Crippen LogP contribution in [-0.4, -0.2) is 77.9 Å². The number of unbranched alkanes of at least 4 members (excludes halogenated alkanes) is 1. The van der Waals surface area contributed by atoms with Gasteiger partial charge in [0.15, 0.2) is 0 Å². The molecule has 0 radical (unpaired) electrons. The summed E-state index contributed by atoms with van der Waals surface area (Å²) in [6, 6.07) is 3.59. The van der Waals surface area contributed by atoms with Gasteiger partial charge in [0, 0.05) is 12.5 Å². The summed E-state index contributed by atoms with van der Waals surface area (Å²) in [5, 5.41) is 2.75.